The Balaban J connectivity index is 1.54. The van der Waals surface area contributed by atoms with E-state index in [4.69, 9.17) is 4.74 Å². The number of nitrogens with one attached hydrogen (secondary N) is 2. The summed E-state index contributed by atoms with van der Waals surface area (Å²) in [6.45, 7) is 0.661. The largest absolute Gasteiger partial charge is 0.497 e. The van der Waals surface area contributed by atoms with Crippen molar-refractivity contribution < 1.29 is 22.7 Å². The summed E-state index contributed by atoms with van der Waals surface area (Å²) < 4.78 is 32.6. The van der Waals surface area contributed by atoms with Crippen molar-refractivity contribution >= 4 is 27.5 Å². The number of nitrogens with zero attached hydrogens (tertiary/aromatic N) is 1. The van der Waals surface area contributed by atoms with Crippen LogP contribution in [0.15, 0.2) is 59.5 Å². The highest BCUT2D eigenvalue weighted by atomic mass is 32.2. The molecule has 0 aromatic heterocycles. The molecule has 3 rings (SSSR count). The minimum Gasteiger partial charge on any atom is -0.497 e. The number of ether oxygens (including phenoxy) is 1. The van der Waals surface area contributed by atoms with Crippen molar-refractivity contribution in [2.24, 2.45) is 0 Å². The molecule has 1 aliphatic heterocycles. The van der Waals surface area contributed by atoms with Crippen LogP contribution >= 0.6 is 0 Å². The SMILES string of the molecule is COc1ccc(NC(=O)C(=O)NCC[C@@H]2CCCCN2S(=O)(=O)c2ccccc2)cc1. The van der Waals surface area contributed by atoms with Crippen molar-refractivity contribution in [2.75, 3.05) is 25.5 Å². The molecule has 1 heterocycles. The molecular weight excluding hydrogens is 418 g/mol. The highest BCUT2D eigenvalue weighted by Crippen LogP contribution is 2.26. The summed E-state index contributed by atoms with van der Waals surface area (Å²) in [7, 11) is -2.05. The highest BCUT2D eigenvalue weighted by molar-refractivity contribution is 7.89. The van der Waals surface area contributed by atoms with E-state index in [1.54, 1.807) is 61.7 Å². The van der Waals surface area contributed by atoms with E-state index in [2.05, 4.69) is 10.6 Å². The molecule has 1 aliphatic rings. The number of benzene rings is 2. The van der Waals surface area contributed by atoms with Gasteiger partial charge in [-0.15, -0.1) is 0 Å². The minimum atomic E-state index is -3.59. The standard InChI is InChI=1S/C22H27N3O5S/c1-30-19-12-10-17(11-13-19)24-22(27)21(26)23-15-14-18-7-5-6-16-25(18)31(28,29)20-8-3-2-4-9-20/h2-4,8-13,18H,5-7,14-16H2,1H3,(H,23,26)(H,24,27)/t18-/m0/s1. The Labute approximate surface area is 182 Å². The number of rotatable bonds is 7. The minimum absolute atomic E-state index is 0.209. The zero-order valence-electron chi connectivity index (χ0n) is 17.4. The summed E-state index contributed by atoms with van der Waals surface area (Å²) in [6, 6.07) is 14.8. The molecule has 9 heteroatoms. The fourth-order valence-electron chi connectivity index (χ4n) is 3.60. The van der Waals surface area contributed by atoms with E-state index in [9.17, 15) is 18.0 Å². The third kappa shape index (κ3) is 5.83. The molecule has 166 valence electrons. The van der Waals surface area contributed by atoms with Crippen LogP contribution in [0.4, 0.5) is 5.69 Å². The maximum absolute atomic E-state index is 13.0. The van der Waals surface area contributed by atoms with E-state index >= 15 is 0 Å². The lowest BCUT2D eigenvalue weighted by atomic mass is 10.0. The van der Waals surface area contributed by atoms with Crippen LogP contribution in [0.3, 0.4) is 0 Å². The molecule has 1 fully saturated rings. The van der Waals surface area contributed by atoms with Crippen LogP contribution in [-0.2, 0) is 19.6 Å². The number of piperidine rings is 1. The second-order valence-electron chi connectivity index (χ2n) is 7.31. The highest BCUT2D eigenvalue weighted by Gasteiger charge is 2.33. The van der Waals surface area contributed by atoms with Gasteiger partial charge in [-0.05, 0) is 55.7 Å². The molecule has 31 heavy (non-hydrogen) atoms. The Bertz CT molecular complexity index is 994. The lowest BCUT2D eigenvalue weighted by Gasteiger charge is -2.34. The van der Waals surface area contributed by atoms with Gasteiger partial charge < -0.3 is 15.4 Å². The van der Waals surface area contributed by atoms with Gasteiger partial charge >= 0.3 is 11.8 Å². The number of anilines is 1. The van der Waals surface area contributed by atoms with Gasteiger partial charge in [-0.25, -0.2) is 8.42 Å². The fourth-order valence-corrected chi connectivity index (χ4v) is 5.35. The topological polar surface area (TPSA) is 105 Å². The summed E-state index contributed by atoms with van der Waals surface area (Å²) in [5, 5.41) is 5.11. The van der Waals surface area contributed by atoms with Crippen LogP contribution in [-0.4, -0.2) is 50.8 Å². The van der Waals surface area contributed by atoms with E-state index in [1.807, 2.05) is 0 Å². The Morgan fingerprint density at radius 3 is 2.42 bits per heavy atom. The molecule has 0 spiro atoms. The number of carbonyl (C=O) groups is 2. The lowest BCUT2D eigenvalue weighted by Crippen LogP contribution is -2.45. The first-order valence-corrected chi connectivity index (χ1v) is 11.7. The molecule has 0 aliphatic carbocycles. The zero-order chi connectivity index (χ0) is 22.3. The second kappa shape index (κ2) is 10.4. The molecule has 2 aromatic rings. The van der Waals surface area contributed by atoms with Gasteiger partial charge in [0.05, 0.1) is 12.0 Å². The maximum atomic E-state index is 13.0. The van der Waals surface area contributed by atoms with E-state index in [0.29, 0.717) is 24.4 Å². The van der Waals surface area contributed by atoms with Gasteiger partial charge in [0, 0.05) is 24.8 Å². The van der Waals surface area contributed by atoms with Gasteiger partial charge in [-0.3, -0.25) is 9.59 Å². The van der Waals surface area contributed by atoms with Crippen LogP contribution < -0.4 is 15.4 Å². The van der Waals surface area contributed by atoms with E-state index in [1.165, 1.54) is 4.31 Å². The molecule has 8 nitrogen and oxygen atoms in total. The summed E-state index contributed by atoms with van der Waals surface area (Å²) in [5.74, 6) is -0.892. The van der Waals surface area contributed by atoms with Gasteiger partial charge in [0.15, 0.2) is 0 Å². The first-order chi connectivity index (χ1) is 14.9. The fraction of sp³-hybridized carbons (Fsp3) is 0.364. The van der Waals surface area contributed by atoms with Crippen molar-refractivity contribution in [2.45, 2.75) is 36.6 Å². The number of methoxy groups -OCH3 is 1. The summed E-state index contributed by atoms with van der Waals surface area (Å²) in [5.41, 5.74) is 0.480. The van der Waals surface area contributed by atoms with E-state index in [0.717, 1.165) is 19.3 Å². The predicted octanol–water partition coefficient (Wildman–Crippen LogP) is 2.38. The molecule has 0 radical (unpaired) electrons. The van der Waals surface area contributed by atoms with Crippen molar-refractivity contribution in [3.63, 3.8) is 0 Å². The van der Waals surface area contributed by atoms with Crippen LogP contribution in [0.1, 0.15) is 25.7 Å². The Morgan fingerprint density at radius 2 is 1.74 bits per heavy atom. The first-order valence-electron chi connectivity index (χ1n) is 10.2. The third-order valence-corrected chi connectivity index (χ3v) is 7.21. The van der Waals surface area contributed by atoms with Gasteiger partial charge in [0.2, 0.25) is 10.0 Å². The monoisotopic (exact) mass is 445 g/mol. The molecule has 1 atom stereocenters. The van der Waals surface area contributed by atoms with Crippen LogP contribution in [0.2, 0.25) is 0 Å². The average Bonchev–Trinajstić information content (AvgIpc) is 2.80. The van der Waals surface area contributed by atoms with Crippen LogP contribution in [0.5, 0.6) is 5.75 Å². The van der Waals surface area contributed by atoms with Gasteiger partial charge in [0.1, 0.15) is 5.75 Å². The van der Waals surface area contributed by atoms with Gasteiger partial charge in [-0.1, -0.05) is 24.6 Å². The van der Waals surface area contributed by atoms with E-state index < -0.39 is 21.8 Å². The van der Waals surface area contributed by atoms with Crippen molar-refractivity contribution in [1.82, 2.24) is 9.62 Å². The van der Waals surface area contributed by atoms with Crippen LogP contribution in [0, 0.1) is 0 Å². The van der Waals surface area contributed by atoms with Crippen molar-refractivity contribution in [3.8, 4) is 5.75 Å². The quantitative estimate of drug-likeness (QED) is 0.637. The molecule has 2 N–H and O–H groups in total. The van der Waals surface area contributed by atoms with Crippen molar-refractivity contribution in [3.05, 3.63) is 54.6 Å². The molecule has 2 amide bonds. The molecule has 2 aromatic carbocycles. The smallest absolute Gasteiger partial charge is 0.313 e. The normalized spacial score (nSPS) is 17.0. The molecule has 1 saturated heterocycles. The Morgan fingerprint density at radius 1 is 1.03 bits per heavy atom. The Kier molecular flexibility index (Phi) is 7.64. The second-order valence-corrected chi connectivity index (χ2v) is 9.20. The van der Waals surface area contributed by atoms with E-state index in [-0.39, 0.29) is 17.5 Å². The number of hydrogen-bond donors (Lipinski definition) is 2. The predicted molar refractivity (Wildman–Crippen MR) is 117 cm³/mol. The Hall–Kier alpha value is -2.91. The number of amides is 2. The zero-order valence-corrected chi connectivity index (χ0v) is 18.2. The van der Waals surface area contributed by atoms with Crippen molar-refractivity contribution in [1.29, 1.82) is 0 Å². The summed E-state index contributed by atoms with van der Waals surface area (Å²) in [6.07, 6.45) is 2.89. The molecule has 0 unspecified atom stereocenters. The maximum Gasteiger partial charge on any atom is 0.313 e. The molecule has 0 saturated carbocycles. The van der Waals surface area contributed by atoms with Gasteiger partial charge in [0.25, 0.3) is 0 Å². The molecule has 0 bridgehead atoms. The summed E-state index contributed by atoms with van der Waals surface area (Å²) in [4.78, 5) is 24.5. The summed E-state index contributed by atoms with van der Waals surface area (Å²) >= 11 is 0. The average molecular weight is 446 g/mol. The number of hydrogen-bond acceptors (Lipinski definition) is 5. The lowest BCUT2D eigenvalue weighted by molar-refractivity contribution is -0.136. The van der Waals surface area contributed by atoms with Crippen LogP contribution in [0.25, 0.3) is 0 Å². The molecular formula is C22H27N3O5S. The third-order valence-electron chi connectivity index (χ3n) is 5.24. The number of carbonyl (C=O) groups excluding carboxylic acids is 2. The first kappa shape index (κ1) is 22.8. The number of sulfonamides is 1. The van der Waals surface area contributed by atoms with Gasteiger partial charge in [-0.2, -0.15) is 4.31 Å².